The summed E-state index contributed by atoms with van der Waals surface area (Å²) in [6.07, 6.45) is -1.59. The summed E-state index contributed by atoms with van der Waals surface area (Å²) >= 11 is 0. The molecule has 1 N–H and O–H groups in total. The van der Waals surface area contributed by atoms with E-state index in [2.05, 4.69) is 4.98 Å². The molecule has 1 aromatic rings. The Kier molecular flexibility index (Phi) is 4.37. The molecule has 0 aromatic carbocycles. The summed E-state index contributed by atoms with van der Waals surface area (Å²) < 4.78 is 43.7. The third-order valence-corrected chi connectivity index (χ3v) is 3.26. The molecule has 2 rings (SSSR count). The third-order valence-electron chi connectivity index (χ3n) is 3.26. The molecule has 1 aliphatic rings. The van der Waals surface area contributed by atoms with Crippen molar-refractivity contribution in [2.45, 2.75) is 32.0 Å². The number of pyridine rings is 1. The summed E-state index contributed by atoms with van der Waals surface area (Å²) in [5.41, 5.74) is -1.90. The lowest BCUT2D eigenvalue weighted by Gasteiger charge is -2.19. The van der Waals surface area contributed by atoms with E-state index >= 15 is 0 Å². The number of ether oxygens (including phenoxy) is 1. The van der Waals surface area contributed by atoms with Crippen molar-refractivity contribution in [3.05, 3.63) is 28.2 Å². The van der Waals surface area contributed by atoms with Crippen LogP contribution in [0.2, 0.25) is 0 Å². The molecule has 2 heterocycles. The van der Waals surface area contributed by atoms with E-state index in [9.17, 15) is 18.0 Å². The van der Waals surface area contributed by atoms with Crippen molar-refractivity contribution >= 4 is 5.69 Å². The molecule has 1 saturated heterocycles. The number of aromatic nitrogens is 1. The molecule has 4 nitrogen and oxygen atoms in total. The van der Waals surface area contributed by atoms with Gasteiger partial charge in [-0.1, -0.05) is 6.92 Å². The molecule has 0 aliphatic carbocycles. The summed E-state index contributed by atoms with van der Waals surface area (Å²) in [5, 5.41) is 0. The van der Waals surface area contributed by atoms with Crippen molar-refractivity contribution in [2.75, 3.05) is 24.6 Å². The fraction of sp³-hybridized carbons (Fsp3) is 0.615. The third kappa shape index (κ3) is 3.33. The van der Waals surface area contributed by atoms with Crippen molar-refractivity contribution in [2.24, 2.45) is 0 Å². The van der Waals surface area contributed by atoms with E-state index in [0.717, 1.165) is 18.9 Å². The molecule has 1 aliphatic heterocycles. The van der Waals surface area contributed by atoms with Gasteiger partial charge in [-0.2, -0.15) is 13.2 Å². The van der Waals surface area contributed by atoms with Gasteiger partial charge in [-0.15, -0.1) is 0 Å². The van der Waals surface area contributed by atoms with Gasteiger partial charge in [0.2, 0.25) is 0 Å². The second kappa shape index (κ2) is 5.87. The highest BCUT2D eigenvalue weighted by Gasteiger charge is 2.35. The Balaban J connectivity index is 2.13. The first-order chi connectivity index (χ1) is 9.41. The first-order valence-electron chi connectivity index (χ1n) is 6.58. The van der Waals surface area contributed by atoms with Crippen LogP contribution in [0.5, 0.6) is 0 Å². The van der Waals surface area contributed by atoms with Crippen LogP contribution < -0.4 is 10.5 Å². The van der Waals surface area contributed by atoms with Gasteiger partial charge in [-0.3, -0.25) is 4.79 Å². The zero-order valence-electron chi connectivity index (χ0n) is 11.2. The zero-order valence-corrected chi connectivity index (χ0v) is 11.2. The quantitative estimate of drug-likeness (QED) is 0.926. The van der Waals surface area contributed by atoms with Crippen molar-refractivity contribution in [3.8, 4) is 0 Å². The molecule has 0 amide bonds. The van der Waals surface area contributed by atoms with Gasteiger partial charge in [0.25, 0.3) is 5.56 Å². The molecule has 0 bridgehead atoms. The first-order valence-corrected chi connectivity index (χ1v) is 6.58. The van der Waals surface area contributed by atoms with Gasteiger partial charge >= 0.3 is 6.18 Å². The molecule has 0 spiro atoms. The van der Waals surface area contributed by atoms with Gasteiger partial charge in [0.05, 0.1) is 11.8 Å². The average molecular weight is 290 g/mol. The Morgan fingerprint density at radius 1 is 1.50 bits per heavy atom. The second-order valence-corrected chi connectivity index (χ2v) is 4.83. The Morgan fingerprint density at radius 3 is 2.90 bits per heavy atom. The lowest BCUT2D eigenvalue weighted by molar-refractivity contribution is -0.138. The van der Waals surface area contributed by atoms with Gasteiger partial charge in [0.1, 0.15) is 5.56 Å². The van der Waals surface area contributed by atoms with E-state index in [1.807, 2.05) is 6.92 Å². The molecule has 1 aromatic heterocycles. The Labute approximate surface area is 114 Å². The van der Waals surface area contributed by atoms with Gasteiger partial charge in [0, 0.05) is 25.9 Å². The maximum Gasteiger partial charge on any atom is 0.421 e. The zero-order chi connectivity index (χ0) is 14.8. The van der Waals surface area contributed by atoms with E-state index in [1.165, 1.54) is 6.20 Å². The number of hydrogen-bond acceptors (Lipinski definition) is 3. The van der Waals surface area contributed by atoms with Crippen LogP contribution in [0.4, 0.5) is 18.9 Å². The number of nitrogens with one attached hydrogen (secondary N) is 1. The van der Waals surface area contributed by atoms with E-state index in [0.29, 0.717) is 25.4 Å². The summed E-state index contributed by atoms with van der Waals surface area (Å²) in [5.74, 6) is 0. The first kappa shape index (κ1) is 14.9. The lowest BCUT2D eigenvalue weighted by Crippen LogP contribution is -2.26. The van der Waals surface area contributed by atoms with Crippen LogP contribution in [-0.2, 0) is 10.9 Å². The minimum atomic E-state index is -4.64. The van der Waals surface area contributed by atoms with Crippen molar-refractivity contribution in [3.63, 3.8) is 0 Å². The number of nitrogens with zero attached hydrogens (tertiary/aromatic N) is 1. The lowest BCUT2D eigenvalue weighted by atomic mass is 10.2. The van der Waals surface area contributed by atoms with E-state index in [-0.39, 0.29) is 6.10 Å². The highest BCUT2D eigenvalue weighted by atomic mass is 19.4. The van der Waals surface area contributed by atoms with Crippen LogP contribution in [0.25, 0.3) is 0 Å². The molecular weight excluding hydrogens is 273 g/mol. The number of H-pyrrole nitrogens is 1. The SMILES string of the molecule is CCCOC1CCN(c2c[nH]c(=O)c(C(F)(F)F)c2)C1. The summed E-state index contributed by atoms with van der Waals surface area (Å²) in [6.45, 7) is 3.82. The van der Waals surface area contributed by atoms with E-state index in [4.69, 9.17) is 4.74 Å². The maximum atomic E-state index is 12.7. The standard InChI is InChI=1S/C13H17F3N2O2/c1-2-5-20-10-3-4-18(8-10)9-6-11(13(14,15)16)12(19)17-7-9/h6-7,10H,2-5,8H2,1H3,(H,17,19). The van der Waals surface area contributed by atoms with Crippen LogP contribution in [0, 0.1) is 0 Å². The monoisotopic (exact) mass is 290 g/mol. The molecule has 1 atom stereocenters. The number of halogens is 3. The molecular formula is C13H17F3N2O2. The molecule has 20 heavy (non-hydrogen) atoms. The Hall–Kier alpha value is -1.50. The summed E-state index contributed by atoms with van der Waals surface area (Å²) in [7, 11) is 0. The summed E-state index contributed by atoms with van der Waals surface area (Å²) in [4.78, 5) is 15.2. The minimum absolute atomic E-state index is 0.0382. The van der Waals surface area contributed by atoms with Crippen molar-refractivity contribution < 1.29 is 17.9 Å². The van der Waals surface area contributed by atoms with Crippen LogP contribution in [0.3, 0.4) is 0 Å². The predicted octanol–water partition coefficient (Wildman–Crippen LogP) is 2.40. The van der Waals surface area contributed by atoms with E-state index in [1.54, 1.807) is 4.90 Å². The van der Waals surface area contributed by atoms with Crippen molar-refractivity contribution in [1.82, 2.24) is 4.98 Å². The Morgan fingerprint density at radius 2 is 2.25 bits per heavy atom. The number of aromatic amines is 1. The number of hydrogen-bond donors (Lipinski definition) is 1. The maximum absolute atomic E-state index is 12.7. The van der Waals surface area contributed by atoms with Gasteiger partial charge < -0.3 is 14.6 Å². The number of anilines is 1. The topological polar surface area (TPSA) is 45.3 Å². The van der Waals surface area contributed by atoms with E-state index < -0.39 is 17.3 Å². The highest BCUT2D eigenvalue weighted by Crippen LogP contribution is 2.29. The minimum Gasteiger partial charge on any atom is -0.376 e. The molecule has 0 radical (unpaired) electrons. The average Bonchev–Trinajstić information content (AvgIpc) is 2.84. The van der Waals surface area contributed by atoms with Crippen LogP contribution >= 0.6 is 0 Å². The predicted molar refractivity (Wildman–Crippen MR) is 68.9 cm³/mol. The van der Waals surface area contributed by atoms with Crippen LogP contribution in [0.1, 0.15) is 25.3 Å². The van der Waals surface area contributed by atoms with Crippen molar-refractivity contribution in [1.29, 1.82) is 0 Å². The smallest absolute Gasteiger partial charge is 0.376 e. The Bertz CT molecular complexity index is 513. The fourth-order valence-electron chi connectivity index (χ4n) is 2.25. The van der Waals surface area contributed by atoms with Crippen LogP contribution in [-0.4, -0.2) is 30.8 Å². The van der Waals surface area contributed by atoms with Crippen LogP contribution in [0.15, 0.2) is 17.1 Å². The summed E-state index contributed by atoms with van der Waals surface area (Å²) in [6, 6.07) is 0.904. The molecule has 7 heteroatoms. The molecule has 112 valence electrons. The normalized spacial score (nSPS) is 19.6. The van der Waals surface area contributed by atoms with Gasteiger partial charge in [0.15, 0.2) is 0 Å². The highest BCUT2D eigenvalue weighted by molar-refractivity contribution is 5.47. The largest absolute Gasteiger partial charge is 0.421 e. The molecule has 0 saturated carbocycles. The second-order valence-electron chi connectivity index (χ2n) is 4.83. The molecule has 1 unspecified atom stereocenters. The molecule has 1 fully saturated rings. The fourth-order valence-corrected chi connectivity index (χ4v) is 2.25. The van der Waals surface area contributed by atoms with Gasteiger partial charge in [-0.25, -0.2) is 0 Å². The number of rotatable bonds is 4. The van der Waals surface area contributed by atoms with Gasteiger partial charge in [-0.05, 0) is 18.9 Å². The number of alkyl halides is 3.